The Kier molecular flexibility index (Phi) is 6.55. The summed E-state index contributed by atoms with van der Waals surface area (Å²) >= 11 is 1.96. The average Bonchev–Trinajstić information content (AvgIpc) is 3.31. The minimum Gasteiger partial charge on any atom is -0.366 e. The van der Waals surface area contributed by atoms with E-state index < -0.39 is 0 Å². The minimum absolute atomic E-state index is 0.0739. The number of anilines is 1. The summed E-state index contributed by atoms with van der Waals surface area (Å²) in [6.45, 7) is 5.76. The molecule has 1 unspecified atom stereocenters. The normalized spacial score (nSPS) is 16.8. The van der Waals surface area contributed by atoms with Gasteiger partial charge in [0.15, 0.2) is 0 Å². The quantitative estimate of drug-likeness (QED) is 0.696. The highest BCUT2D eigenvalue weighted by Gasteiger charge is 2.15. The molecule has 0 aliphatic carbocycles. The van der Waals surface area contributed by atoms with Crippen molar-refractivity contribution in [1.82, 2.24) is 19.9 Å². The van der Waals surface area contributed by atoms with Gasteiger partial charge in [0.05, 0.1) is 5.56 Å². The lowest BCUT2D eigenvalue weighted by Crippen LogP contribution is -2.25. The maximum absolute atomic E-state index is 12.2. The van der Waals surface area contributed by atoms with Gasteiger partial charge >= 0.3 is 0 Å². The van der Waals surface area contributed by atoms with Gasteiger partial charge < -0.3 is 15.2 Å². The van der Waals surface area contributed by atoms with Crippen molar-refractivity contribution in [3.05, 3.63) is 42.1 Å². The first-order valence-corrected chi connectivity index (χ1v) is 10.4. The number of carbonyl (C=O) groups is 1. The first-order valence-electron chi connectivity index (χ1n) is 9.23. The monoisotopic (exact) mass is 373 g/mol. The molecule has 3 heterocycles. The second kappa shape index (κ2) is 9.07. The third-order valence-corrected chi connectivity index (χ3v) is 5.60. The van der Waals surface area contributed by atoms with Gasteiger partial charge in [0, 0.05) is 49.4 Å². The van der Waals surface area contributed by atoms with Crippen LogP contribution in [0.5, 0.6) is 0 Å². The van der Waals surface area contributed by atoms with E-state index in [2.05, 4.69) is 39.0 Å². The zero-order valence-corrected chi connectivity index (χ0v) is 16.3. The van der Waals surface area contributed by atoms with Crippen molar-refractivity contribution in [2.75, 3.05) is 23.4 Å². The van der Waals surface area contributed by atoms with Gasteiger partial charge in [-0.3, -0.25) is 4.79 Å². The molecule has 1 atom stereocenters. The van der Waals surface area contributed by atoms with E-state index in [1.165, 1.54) is 12.2 Å². The minimum atomic E-state index is -0.0739. The molecule has 6 nitrogen and oxygen atoms in total. The summed E-state index contributed by atoms with van der Waals surface area (Å²) in [7, 11) is 0. The van der Waals surface area contributed by atoms with Crippen molar-refractivity contribution >= 4 is 23.5 Å². The molecule has 1 saturated heterocycles. The standard InChI is InChI=1S/C19H27N5OS/c1-14(2)18-20-8-10-24(18)9-3-7-21-19(25)15-4-5-17(22-12-15)23-16-6-11-26-13-16/h4-5,8,10,12,14,16H,3,6-7,9,11,13H2,1-2H3,(H,21,25)(H,22,23). The van der Waals surface area contributed by atoms with E-state index >= 15 is 0 Å². The van der Waals surface area contributed by atoms with Crippen LogP contribution in [-0.2, 0) is 6.54 Å². The molecule has 1 aliphatic heterocycles. The molecule has 7 heteroatoms. The SMILES string of the molecule is CC(C)c1nccn1CCCNC(=O)c1ccc(NC2CCSC2)nc1. The summed E-state index contributed by atoms with van der Waals surface area (Å²) in [4.78, 5) is 21.0. The lowest BCUT2D eigenvalue weighted by molar-refractivity contribution is 0.0952. The van der Waals surface area contributed by atoms with Gasteiger partial charge in [-0.05, 0) is 30.7 Å². The van der Waals surface area contributed by atoms with Gasteiger partial charge in [-0.25, -0.2) is 9.97 Å². The van der Waals surface area contributed by atoms with Crippen LogP contribution in [0.1, 0.15) is 48.8 Å². The molecule has 1 aliphatic rings. The summed E-state index contributed by atoms with van der Waals surface area (Å²) in [6, 6.07) is 4.21. The van der Waals surface area contributed by atoms with Gasteiger partial charge in [-0.15, -0.1) is 0 Å². The molecule has 140 valence electrons. The molecule has 1 amide bonds. The van der Waals surface area contributed by atoms with Crippen molar-refractivity contribution in [2.45, 2.75) is 45.2 Å². The Bertz CT molecular complexity index is 707. The van der Waals surface area contributed by atoms with E-state index in [9.17, 15) is 4.79 Å². The third-order valence-electron chi connectivity index (χ3n) is 4.43. The highest BCUT2D eigenvalue weighted by molar-refractivity contribution is 7.99. The molecule has 0 spiro atoms. The van der Waals surface area contributed by atoms with Gasteiger partial charge in [0.25, 0.3) is 5.91 Å². The van der Waals surface area contributed by atoms with Gasteiger partial charge in [-0.1, -0.05) is 13.8 Å². The first-order chi connectivity index (χ1) is 12.6. The predicted octanol–water partition coefficient (Wildman–Crippen LogP) is 3.14. The fourth-order valence-electron chi connectivity index (χ4n) is 3.03. The van der Waals surface area contributed by atoms with Gasteiger partial charge in [0.2, 0.25) is 0 Å². The maximum Gasteiger partial charge on any atom is 0.252 e. The Balaban J connectivity index is 1.42. The Labute approximate surface area is 159 Å². The molecule has 0 radical (unpaired) electrons. The van der Waals surface area contributed by atoms with Crippen molar-refractivity contribution in [3.8, 4) is 0 Å². The fourth-order valence-corrected chi connectivity index (χ4v) is 4.19. The number of rotatable bonds is 8. The number of pyridine rings is 1. The van der Waals surface area contributed by atoms with E-state index in [0.717, 1.165) is 30.4 Å². The van der Waals surface area contributed by atoms with Gasteiger partial charge in [0.1, 0.15) is 11.6 Å². The van der Waals surface area contributed by atoms with Crippen LogP contribution in [0, 0.1) is 0 Å². The number of imidazole rings is 1. The number of aromatic nitrogens is 3. The number of thioether (sulfide) groups is 1. The first kappa shape index (κ1) is 18.8. The maximum atomic E-state index is 12.2. The van der Waals surface area contributed by atoms with Gasteiger partial charge in [-0.2, -0.15) is 11.8 Å². The molecular formula is C19H27N5OS. The van der Waals surface area contributed by atoms with Crippen LogP contribution in [0.25, 0.3) is 0 Å². The average molecular weight is 374 g/mol. The fraction of sp³-hybridized carbons (Fsp3) is 0.526. The van der Waals surface area contributed by atoms with Crippen LogP contribution < -0.4 is 10.6 Å². The van der Waals surface area contributed by atoms with Crippen molar-refractivity contribution in [1.29, 1.82) is 0 Å². The second-order valence-corrected chi connectivity index (χ2v) is 8.03. The topological polar surface area (TPSA) is 71.8 Å². The summed E-state index contributed by atoms with van der Waals surface area (Å²) in [5.74, 6) is 4.59. The van der Waals surface area contributed by atoms with Crippen molar-refractivity contribution in [2.24, 2.45) is 0 Å². The van der Waals surface area contributed by atoms with E-state index in [1.807, 2.05) is 36.3 Å². The Hall–Kier alpha value is -2.02. The van der Waals surface area contributed by atoms with E-state index in [0.29, 0.717) is 24.1 Å². The number of aryl methyl sites for hydroxylation is 1. The number of nitrogens with zero attached hydrogens (tertiary/aromatic N) is 3. The van der Waals surface area contributed by atoms with Crippen LogP contribution in [0.3, 0.4) is 0 Å². The zero-order valence-electron chi connectivity index (χ0n) is 15.4. The van der Waals surface area contributed by atoms with E-state index in [4.69, 9.17) is 0 Å². The molecule has 26 heavy (non-hydrogen) atoms. The molecule has 0 saturated carbocycles. The lowest BCUT2D eigenvalue weighted by Gasteiger charge is -2.12. The number of carbonyl (C=O) groups excluding carboxylic acids is 1. The van der Waals surface area contributed by atoms with Crippen LogP contribution in [0.4, 0.5) is 5.82 Å². The van der Waals surface area contributed by atoms with E-state index in [1.54, 1.807) is 6.20 Å². The molecule has 0 bridgehead atoms. The number of nitrogens with one attached hydrogen (secondary N) is 2. The molecule has 2 aromatic heterocycles. The summed E-state index contributed by atoms with van der Waals surface area (Å²) in [5.41, 5.74) is 0.599. The van der Waals surface area contributed by atoms with Crippen LogP contribution >= 0.6 is 11.8 Å². The Morgan fingerprint density at radius 1 is 1.38 bits per heavy atom. The number of hydrogen-bond donors (Lipinski definition) is 2. The Morgan fingerprint density at radius 2 is 2.27 bits per heavy atom. The highest BCUT2D eigenvalue weighted by atomic mass is 32.2. The Morgan fingerprint density at radius 3 is 2.96 bits per heavy atom. The predicted molar refractivity (Wildman–Crippen MR) is 107 cm³/mol. The molecular weight excluding hydrogens is 346 g/mol. The molecule has 2 N–H and O–H groups in total. The van der Waals surface area contributed by atoms with Crippen molar-refractivity contribution < 1.29 is 4.79 Å². The summed E-state index contributed by atoms with van der Waals surface area (Å²) in [6.07, 6.45) is 7.51. The van der Waals surface area contributed by atoms with Crippen LogP contribution in [0.2, 0.25) is 0 Å². The largest absolute Gasteiger partial charge is 0.366 e. The number of hydrogen-bond acceptors (Lipinski definition) is 5. The zero-order chi connectivity index (χ0) is 18.4. The summed E-state index contributed by atoms with van der Waals surface area (Å²) in [5, 5.41) is 6.38. The molecule has 0 aromatic carbocycles. The number of amides is 1. The van der Waals surface area contributed by atoms with Crippen molar-refractivity contribution in [3.63, 3.8) is 0 Å². The lowest BCUT2D eigenvalue weighted by atomic mass is 10.2. The molecule has 3 rings (SSSR count). The smallest absolute Gasteiger partial charge is 0.252 e. The van der Waals surface area contributed by atoms with Crippen LogP contribution in [-0.4, -0.2) is 44.5 Å². The molecule has 2 aromatic rings. The summed E-state index contributed by atoms with van der Waals surface area (Å²) < 4.78 is 2.15. The van der Waals surface area contributed by atoms with Crippen LogP contribution in [0.15, 0.2) is 30.7 Å². The van der Waals surface area contributed by atoms with E-state index in [-0.39, 0.29) is 5.91 Å². The highest BCUT2D eigenvalue weighted by Crippen LogP contribution is 2.20. The third kappa shape index (κ3) is 5.00. The second-order valence-electron chi connectivity index (χ2n) is 6.88. The molecule has 1 fully saturated rings.